The van der Waals surface area contributed by atoms with E-state index in [1.807, 2.05) is 4.90 Å². The Morgan fingerprint density at radius 2 is 1.79 bits per heavy atom. The first-order valence-electron chi connectivity index (χ1n) is 9.08. The van der Waals surface area contributed by atoms with Crippen LogP contribution in [-0.2, 0) is 14.3 Å². The van der Waals surface area contributed by atoms with Crippen LogP contribution in [0.25, 0.3) is 6.08 Å². The van der Waals surface area contributed by atoms with Crippen LogP contribution in [0.3, 0.4) is 0 Å². The van der Waals surface area contributed by atoms with Crippen LogP contribution in [0.15, 0.2) is 54.1 Å². The maximum absolute atomic E-state index is 12.8. The topological polar surface area (TPSA) is 105 Å². The fraction of sp³-hybridized carbons (Fsp3) is 0.200. The summed E-state index contributed by atoms with van der Waals surface area (Å²) in [6.07, 6.45) is 1.42. The van der Waals surface area contributed by atoms with Crippen LogP contribution < -0.4 is 15.3 Å². The molecule has 29 heavy (non-hydrogen) atoms. The molecule has 0 aromatic heterocycles. The number of nitro groups is 1. The van der Waals surface area contributed by atoms with E-state index in [9.17, 15) is 19.7 Å². The van der Waals surface area contributed by atoms with Gasteiger partial charge in [0.2, 0.25) is 0 Å². The van der Waals surface area contributed by atoms with Crippen molar-refractivity contribution < 1.29 is 19.2 Å². The van der Waals surface area contributed by atoms with E-state index >= 15 is 0 Å². The number of ether oxygens (including phenoxy) is 1. The highest BCUT2D eigenvalue weighted by Crippen LogP contribution is 2.30. The van der Waals surface area contributed by atoms with Gasteiger partial charge in [-0.05, 0) is 24.3 Å². The molecule has 0 bridgehead atoms. The highest BCUT2D eigenvalue weighted by Gasteiger charge is 2.34. The van der Waals surface area contributed by atoms with Crippen molar-refractivity contribution in [2.24, 2.45) is 0 Å². The summed E-state index contributed by atoms with van der Waals surface area (Å²) in [6.45, 7) is 2.30. The minimum Gasteiger partial charge on any atom is -0.378 e. The Morgan fingerprint density at radius 1 is 1.07 bits per heavy atom. The molecule has 0 atom stereocenters. The highest BCUT2D eigenvalue weighted by atomic mass is 16.6. The van der Waals surface area contributed by atoms with Crippen molar-refractivity contribution >= 4 is 35.0 Å². The number of morpholine rings is 1. The molecule has 9 nitrogen and oxygen atoms in total. The van der Waals surface area contributed by atoms with Crippen LogP contribution in [0.1, 0.15) is 5.56 Å². The molecule has 2 heterocycles. The molecule has 2 aromatic carbocycles. The number of rotatable bonds is 4. The van der Waals surface area contributed by atoms with Gasteiger partial charge >= 0.3 is 0 Å². The molecule has 0 aliphatic carbocycles. The molecule has 0 radical (unpaired) electrons. The lowest BCUT2D eigenvalue weighted by atomic mass is 10.1. The number of carbonyl (C=O) groups is 2. The summed E-state index contributed by atoms with van der Waals surface area (Å²) < 4.78 is 5.36. The highest BCUT2D eigenvalue weighted by molar-refractivity contribution is 6.31. The third kappa shape index (κ3) is 3.67. The zero-order valence-corrected chi connectivity index (χ0v) is 15.4. The second-order valence-electron chi connectivity index (χ2n) is 6.57. The van der Waals surface area contributed by atoms with Crippen molar-refractivity contribution in [3.63, 3.8) is 0 Å². The fourth-order valence-corrected chi connectivity index (χ4v) is 3.34. The normalized spacial score (nSPS) is 18.3. The molecule has 0 saturated carbocycles. The zero-order valence-electron chi connectivity index (χ0n) is 15.4. The van der Waals surface area contributed by atoms with Crippen molar-refractivity contribution in [2.45, 2.75) is 0 Å². The smallest absolute Gasteiger partial charge is 0.282 e. The van der Waals surface area contributed by atoms with Gasteiger partial charge in [0.25, 0.3) is 17.5 Å². The molecule has 2 amide bonds. The zero-order chi connectivity index (χ0) is 20.4. The Labute approximate surface area is 166 Å². The molecular formula is C20H18N4O5. The molecule has 2 aliphatic heterocycles. The number of anilines is 2. The maximum atomic E-state index is 12.8. The average Bonchev–Trinajstić information content (AvgIpc) is 3.03. The number of benzene rings is 2. The number of carbonyl (C=O) groups excluding carboxylic acids is 2. The Kier molecular flexibility index (Phi) is 4.96. The molecule has 1 N–H and O–H groups in total. The van der Waals surface area contributed by atoms with Crippen LogP contribution in [0.4, 0.5) is 17.1 Å². The minimum atomic E-state index is -0.557. The SMILES string of the molecule is O=C1NN(c2ccccc2)C(=O)/C1=C\c1cc([N+](=O)[O-])ccc1N1CCOCC1. The predicted octanol–water partition coefficient (Wildman–Crippen LogP) is 1.89. The summed E-state index contributed by atoms with van der Waals surface area (Å²) in [5.41, 5.74) is 4.03. The van der Waals surface area contributed by atoms with Gasteiger partial charge in [-0.25, -0.2) is 5.01 Å². The molecule has 2 aliphatic rings. The van der Waals surface area contributed by atoms with E-state index in [0.717, 1.165) is 0 Å². The molecule has 2 fully saturated rings. The number of non-ortho nitro benzene ring substituents is 1. The molecular weight excluding hydrogens is 376 g/mol. The van der Waals surface area contributed by atoms with Gasteiger partial charge in [-0.1, -0.05) is 18.2 Å². The van der Waals surface area contributed by atoms with Gasteiger partial charge in [0, 0.05) is 36.5 Å². The minimum absolute atomic E-state index is 0.0798. The predicted molar refractivity (Wildman–Crippen MR) is 106 cm³/mol. The van der Waals surface area contributed by atoms with Crippen molar-refractivity contribution in [1.29, 1.82) is 0 Å². The van der Waals surface area contributed by atoms with Gasteiger partial charge < -0.3 is 9.64 Å². The lowest BCUT2D eigenvalue weighted by Gasteiger charge is -2.30. The number of hydrazine groups is 1. The lowest BCUT2D eigenvalue weighted by molar-refractivity contribution is -0.384. The molecule has 0 spiro atoms. The quantitative estimate of drug-likeness (QED) is 0.368. The number of nitrogens with zero attached hydrogens (tertiary/aromatic N) is 3. The molecule has 9 heteroatoms. The molecule has 4 rings (SSSR count). The number of para-hydroxylation sites is 1. The summed E-state index contributed by atoms with van der Waals surface area (Å²) in [7, 11) is 0. The fourth-order valence-electron chi connectivity index (χ4n) is 3.34. The number of hydrogen-bond acceptors (Lipinski definition) is 6. The Morgan fingerprint density at radius 3 is 2.48 bits per heavy atom. The van der Waals surface area contributed by atoms with Gasteiger partial charge in [-0.3, -0.25) is 25.1 Å². The average molecular weight is 394 g/mol. The summed E-state index contributed by atoms with van der Waals surface area (Å²) in [5.74, 6) is -1.07. The maximum Gasteiger partial charge on any atom is 0.282 e. The largest absolute Gasteiger partial charge is 0.378 e. The number of hydrogen-bond donors (Lipinski definition) is 1. The third-order valence-corrected chi connectivity index (χ3v) is 4.78. The summed E-state index contributed by atoms with van der Waals surface area (Å²) in [5, 5.41) is 12.4. The standard InChI is InChI=1S/C20H18N4O5/c25-19-17(20(26)23(21-19)15-4-2-1-3-5-15)13-14-12-16(24(27)28)6-7-18(14)22-8-10-29-11-9-22/h1-7,12-13H,8-11H2,(H,21,25)/b17-13-. The van der Waals surface area contributed by atoms with Crippen LogP contribution in [0.5, 0.6) is 0 Å². The first kappa shape index (κ1) is 18.6. The van der Waals surface area contributed by atoms with Gasteiger partial charge in [0.15, 0.2) is 0 Å². The van der Waals surface area contributed by atoms with Crippen LogP contribution in [0.2, 0.25) is 0 Å². The van der Waals surface area contributed by atoms with Crippen LogP contribution in [-0.4, -0.2) is 43.0 Å². The van der Waals surface area contributed by atoms with E-state index < -0.39 is 16.7 Å². The summed E-state index contributed by atoms with van der Waals surface area (Å²) >= 11 is 0. The van der Waals surface area contributed by atoms with Crippen LogP contribution in [0, 0.1) is 10.1 Å². The van der Waals surface area contributed by atoms with E-state index in [2.05, 4.69) is 5.43 Å². The Balaban J connectivity index is 1.74. The first-order chi connectivity index (χ1) is 14.0. The van der Waals surface area contributed by atoms with Gasteiger partial charge in [0.1, 0.15) is 5.57 Å². The van der Waals surface area contributed by atoms with E-state index in [0.29, 0.717) is 43.2 Å². The lowest BCUT2D eigenvalue weighted by Crippen LogP contribution is -2.36. The van der Waals surface area contributed by atoms with E-state index in [1.54, 1.807) is 36.4 Å². The van der Waals surface area contributed by atoms with Gasteiger partial charge in [-0.15, -0.1) is 0 Å². The monoisotopic (exact) mass is 394 g/mol. The van der Waals surface area contributed by atoms with Crippen molar-refractivity contribution in [1.82, 2.24) is 5.43 Å². The van der Waals surface area contributed by atoms with Gasteiger partial charge in [-0.2, -0.15) is 0 Å². The Bertz CT molecular complexity index is 999. The number of nitro benzene ring substituents is 1. The Hall–Kier alpha value is -3.72. The van der Waals surface area contributed by atoms with Crippen molar-refractivity contribution in [3.05, 3.63) is 69.8 Å². The molecule has 148 valence electrons. The third-order valence-electron chi connectivity index (χ3n) is 4.78. The van der Waals surface area contributed by atoms with E-state index in [-0.39, 0.29) is 11.3 Å². The van der Waals surface area contributed by atoms with Gasteiger partial charge in [0.05, 0.1) is 23.8 Å². The van der Waals surface area contributed by atoms with Crippen molar-refractivity contribution in [2.75, 3.05) is 36.2 Å². The van der Waals surface area contributed by atoms with E-state index in [4.69, 9.17) is 4.74 Å². The van der Waals surface area contributed by atoms with Crippen LogP contribution >= 0.6 is 0 Å². The number of amides is 2. The van der Waals surface area contributed by atoms with Crippen molar-refractivity contribution in [3.8, 4) is 0 Å². The second-order valence-corrected chi connectivity index (χ2v) is 6.57. The van der Waals surface area contributed by atoms with E-state index in [1.165, 1.54) is 23.2 Å². The molecule has 2 saturated heterocycles. The summed E-state index contributed by atoms with van der Waals surface area (Å²) in [6, 6.07) is 13.2. The second kappa shape index (κ2) is 7.72. The first-order valence-corrected chi connectivity index (χ1v) is 9.08. The number of nitrogens with one attached hydrogen (secondary N) is 1. The summed E-state index contributed by atoms with van der Waals surface area (Å²) in [4.78, 5) is 38.1. The molecule has 2 aromatic rings. The molecule has 0 unspecified atom stereocenters.